The molecule has 0 bridgehead atoms. The average molecular weight is 426 g/mol. The molecule has 0 saturated heterocycles. The molecule has 3 aromatic rings. The molecule has 3 nitrogen and oxygen atoms in total. The van der Waals surface area contributed by atoms with E-state index in [1.54, 1.807) is 41.3 Å². The Bertz CT molecular complexity index is 1130. The van der Waals surface area contributed by atoms with Crippen molar-refractivity contribution in [1.29, 1.82) is 0 Å². The van der Waals surface area contributed by atoms with Gasteiger partial charge in [0.15, 0.2) is 0 Å². The number of aliphatic hydroxyl groups is 1. The van der Waals surface area contributed by atoms with Crippen LogP contribution in [0.5, 0.6) is 0 Å². The molecule has 1 N–H and O–H groups in total. The van der Waals surface area contributed by atoms with Crippen molar-refractivity contribution in [3.05, 3.63) is 72.6 Å². The molecule has 6 heteroatoms. The van der Waals surface area contributed by atoms with Crippen LogP contribution in [0.4, 0.5) is 13.2 Å². The van der Waals surface area contributed by atoms with Crippen LogP contribution in [0.15, 0.2) is 61.4 Å². The number of aromatic nitrogens is 2. The van der Waals surface area contributed by atoms with E-state index in [4.69, 9.17) is 0 Å². The predicted octanol–water partition coefficient (Wildman–Crippen LogP) is 6.63. The molecular formula is C25H25F3N2O. The van der Waals surface area contributed by atoms with Crippen LogP contribution >= 0.6 is 0 Å². The van der Waals surface area contributed by atoms with Crippen molar-refractivity contribution in [2.45, 2.75) is 44.9 Å². The van der Waals surface area contributed by atoms with Gasteiger partial charge >= 0.3 is 6.18 Å². The smallest absolute Gasteiger partial charge is 0.372 e. The summed E-state index contributed by atoms with van der Waals surface area (Å²) in [4.78, 5) is 0. The average Bonchev–Trinajstić information content (AvgIpc) is 3.35. The van der Waals surface area contributed by atoms with Crippen molar-refractivity contribution >= 4 is 5.70 Å². The highest BCUT2D eigenvalue weighted by atomic mass is 19.4. The number of halogens is 3. The highest BCUT2D eigenvalue weighted by Gasteiger charge is 2.61. The number of allylic oxidation sites excluding steroid dienone is 1. The first-order valence-corrected chi connectivity index (χ1v) is 10.5. The minimum absolute atomic E-state index is 0.143. The van der Waals surface area contributed by atoms with E-state index >= 15 is 0 Å². The number of rotatable bonds is 6. The molecule has 1 unspecified atom stereocenters. The molecule has 4 rings (SSSR count). The monoisotopic (exact) mass is 426 g/mol. The molecule has 0 aliphatic heterocycles. The zero-order valence-electron chi connectivity index (χ0n) is 17.6. The Morgan fingerprint density at radius 2 is 1.71 bits per heavy atom. The molecule has 1 aliphatic rings. The molecule has 0 radical (unpaired) electrons. The van der Waals surface area contributed by atoms with Crippen LogP contribution in [0.3, 0.4) is 0 Å². The molecule has 31 heavy (non-hydrogen) atoms. The number of benzene rings is 2. The van der Waals surface area contributed by atoms with Crippen molar-refractivity contribution in [3.8, 4) is 22.3 Å². The van der Waals surface area contributed by atoms with Gasteiger partial charge in [-0.1, -0.05) is 75.7 Å². The highest BCUT2D eigenvalue weighted by molar-refractivity contribution is 5.92. The summed E-state index contributed by atoms with van der Waals surface area (Å²) in [6, 6.07) is 10.8. The lowest BCUT2D eigenvalue weighted by atomic mass is 9.89. The van der Waals surface area contributed by atoms with Crippen LogP contribution < -0.4 is 0 Å². The highest BCUT2D eigenvalue weighted by Crippen LogP contribution is 2.57. The normalized spacial score (nSPS) is 17.6. The van der Waals surface area contributed by atoms with E-state index in [1.165, 1.54) is 18.2 Å². The third-order valence-corrected chi connectivity index (χ3v) is 6.35. The summed E-state index contributed by atoms with van der Waals surface area (Å²) < 4.78 is 43.9. The molecule has 2 aromatic carbocycles. The molecule has 1 atom stereocenters. The van der Waals surface area contributed by atoms with E-state index in [0.717, 1.165) is 25.0 Å². The topological polar surface area (TPSA) is 38.0 Å². The van der Waals surface area contributed by atoms with Gasteiger partial charge in [0, 0.05) is 28.6 Å². The van der Waals surface area contributed by atoms with Crippen molar-refractivity contribution in [1.82, 2.24) is 9.78 Å². The van der Waals surface area contributed by atoms with E-state index in [-0.39, 0.29) is 11.1 Å². The van der Waals surface area contributed by atoms with Crippen LogP contribution in [-0.2, 0) is 5.60 Å². The van der Waals surface area contributed by atoms with Crippen LogP contribution in [0.2, 0.25) is 0 Å². The maximum Gasteiger partial charge on any atom is 0.425 e. The number of fused-ring (bicyclic) bond motifs is 3. The first-order valence-electron chi connectivity index (χ1n) is 10.5. The number of alkyl halides is 3. The van der Waals surface area contributed by atoms with Gasteiger partial charge in [-0.2, -0.15) is 18.3 Å². The van der Waals surface area contributed by atoms with Gasteiger partial charge in [0.05, 0.1) is 6.20 Å². The first kappa shape index (κ1) is 21.4. The largest absolute Gasteiger partial charge is 0.425 e. The summed E-state index contributed by atoms with van der Waals surface area (Å²) in [5.41, 5.74) is -0.420. The summed E-state index contributed by atoms with van der Waals surface area (Å²) in [7, 11) is 0. The number of hydrogen-bond donors (Lipinski definition) is 1. The lowest BCUT2D eigenvalue weighted by molar-refractivity contribution is -0.246. The summed E-state index contributed by atoms with van der Waals surface area (Å²) in [6.07, 6.45) is 1.49. The summed E-state index contributed by atoms with van der Waals surface area (Å²) >= 11 is 0. The molecule has 0 amide bonds. The van der Waals surface area contributed by atoms with E-state index in [9.17, 15) is 18.3 Å². The van der Waals surface area contributed by atoms with Crippen LogP contribution in [-0.4, -0.2) is 21.1 Å². The van der Waals surface area contributed by atoms with Gasteiger partial charge in [-0.25, -0.2) is 4.68 Å². The lowest BCUT2D eigenvalue weighted by Gasteiger charge is -2.28. The van der Waals surface area contributed by atoms with Gasteiger partial charge < -0.3 is 5.11 Å². The molecule has 1 heterocycles. The summed E-state index contributed by atoms with van der Waals surface area (Å²) in [6.45, 7) is 8.43. The quantitative estimate of drug-likeness (QED) is 0.481. The summed E-state index contributed by atoms with van der Waals surface area (Å²) in [5, 5.41) is 15.3. The minimum Gasteiger partial charge on any atom is -0.372 e. The molecule has 162 valence electrons. The first-order chi connectivity index (χ1) is 14.7. The third-order valence-electron chi connectivity index (χ3n) is 6.35. The maximum atomic E-state index is 14.1. The van der Waals surface area contributed by atoms with Gasteiger partial charge in [0.1, 0.15) is 0 Å². The fourth-order valence-electron chi connectivity index (χ4n) is 4.49. The third kappa shape index (κ3) is 3.30. The molecule has 1 aliphatic carbocycles. The lowest BCUT2D eigenvalue weighted by Crippen LogP contribution is -2.41. The van der Waals surface area contributed by atoms with E-state index in [1.807, 2.05) is 0 Å². The van der Waals surface area contributed by atoms with Crippen molar-refractivity contribution in [3.63, 3.8) is 0 Å². The minimum atomic E-state index is -4.85. The second-order valence-corrected chi connectivity index (χ2v) is 8.11. The fourth-order valence-corrected chi connectivity index (χ4v) is 4.49. The Labute approximate surface area is 179 Å². The fraction of sp³-hybridized carbons (Fsp3) is 0.320. The number of nitrogens with zero attached hydrogens (tertiary/aromatic N) is 2. The molecule has 1 aromatic heterocycles. The standard InChI is InChI=1S/C25H25F3N2O/c1-4-17(5-2)13-16(3)30-15-18(14-29-30)19-10-8-12-22-23(19)20-9-6-7-11-21(20)24(22,31)25(26,27)28/h6-12,14-15,17,31H,3-5,13H2,1-2H3. The molecular weight excluding hydrogens is 401 g/mol. The van der Waals surface area contributed by atoms with Gasteiger partial charge in [-0.05, 0) is 29.0 Å². The Morgan fingerprint density at radius 3 is 2.39 bits per heavy atom. The second-order valence-electron chi connectivity index (χ2n) is 8.11. The zero-order valence-corrected chi connectivity index (χ0v) is 17.6. The van der Waals surface area contributed by atoms with E-state index in [0.29, 0.717) is 28.2 Å². The molecule has 0 saturated carbocycles. The SMILES string of the molecule is C=C(CC(CC)CC)n1cc(-c2cccc3c2-c2ccccc2C3(O)C(F)(F)F)cn1. The van der Waals surface area contributed by atoms with E-state index in [2.05, 4.69) is 25.5 Å². The molecule has 0 spiro atoms. The maximum absolute atomic E-state index is 14.1. The van der Waals surface area contributed by atoms with Gasteiger partial charge in [-0.15, -0.1) is 0 Å². The summed E-state index contributed by atoms with van der Waals surface area (Å²) in [5.74, 6) is 0.509. The number of hydrogen-bond acceptors (Lipinski definition) is 2. The van der Waals surface area contributed by atoms with Gasteiger partial charge in [0.2, 0.25) is 5.60 Å². The van der Waals surface area contributed by atoms with Crippen LogP contribution in [0.25, 0.3) is 28.0 Å². The Hall–Kier alpha value is -2.86. The zero-order chi connectivity index (χ0) is 22.4. The van der Waals surface area contributed by atoms with Crippen LogP contribution in [0.1, 0.15) is 44.2 Å². The Kier molecular flexibility index (Phi) is 5.30. The molecule has 0 fully saturated rings. The van der Waals surface area contributed by atoms with Gasteiger partial charge in [0.25, 0.3) is 0 Å². The van der Waals surface area contributed by atoms with Crippen LogP contribution in [0, 0.1) is 5.92 Å². The van der Waals surface area contributed by atoms with Gasteiger partial charge in [-0.3, -0.25) is 0 Å². The van der Waals surface area contributed by atoms with Crippen molar-refractivity contribution < 1.29 is 18.3 Å². The van der Waals surface area contributed by atoms with Crippen molar-refractivity contribution in [2.24, 2.45) is 5.92 Å². The second kappa shape index (κ2) is 7.68. The Balaban J connectivity index is 1.82. The van der Waals surface area contributed by atoms with E-state index < -0.39 is 11.8 Å². The Morgan fingerprint density at radius 1 is 1.06 bits per heavy atom. The predicted molar refractivity (Wildman–Crippen MR) is 116 cm³/mol. The van der Waals surface area contributed by atoms with Crippen molar-refractivity contribution in [2.75, 3.05) is 0 Å².